The normalized spacial score (nSPS) is 28.0. The molecule has 4 nitrogen and oxygen atoms in total. The van der Waals surface area contributed by atoms with E-state index >= 15 is 0 Å². The van der Waals surface area contributed by atoms with Gasteiger partial charge in [-0.2, -0.15) is 0 Å². The molecule has 0 aromatic heterocycles. The third-order valence-electron chi connectivity index (χ3n) is 5.53. The average molecular weight is 303 g/mol. The van der Waals surface area contributed by atoms with Crippen molar-refractivity contribution in [1.29, 1.82) is 0 Å². The highest BCUT2D eigenvalue weighted by Gasteiger charge is 2.54. The Balaban J connectivity index is 1.70. The number of anilines is 1. The van der Waals surface area contributed by atoms with Gasteiger partial charge >= 0.3 is 5.97 Å². The molecule has 2 fully saturated rings. The van der Waals surface area contributed by atoms with Gasteiger partial charge in [-0.1, -0.05) is 18.9 Å². The number of carboxylic acid groups (broad SMARTS) is 1. The highest BCUT2D eigenvalue weighted by molar-refractivity contribution is 6.02. The van der Waals surface area contributed by atoms with Crippen LogP contribution in [-0.4, -0.2) is 23.5 Å². The Labute approximate surface area is 127 Å². The molecule has 0 bridgehead atoms. The van der Waals surface area contributed by atoms with Crippen LogP contribution in [0.15, 0.2) is 18.2 Å². The highest BCUT2D eigenvalue weighted by Crippen LogP contribution is 2.53. The summed E-state index contributed by atoms with van der Waals surface area (Å²) in [6.45, 7) is 0.505. The van der Waals surface area contributed by atoms with Gasteiger partial charge in [0.25, 0.3) is 0 Å². The summed E-state index contributed by atoms with van der Waals surface area (Å²) in [5.41, 5.74) is 1.07. The molecule has 1 aromatic carbocycles. The van der Waals surface area contributed by atoms with Crippen molar-refractivity contribution in [2.75, 3.05) is 11.4 Å². The van der Waals surface area contributed by atoms with Crippen molar-refractivity contribution in [2.45, 2.75) is 37.5 Å². The van der Waals surface area contributed by atoms with Gasteiger partial charge in [0.1, 0.15) is 5.82 Å². The summed E-state index contributed by atoms with van der Waals surface area (Å²) in [5.74, 6) is -2.30. The Bertz CT molecular complexity index is 666. The number of aliphatic carboxylic acids is 1. The van der Waals surface area contributed by atoms with Gasteiger partial charge in [-0.25, -0.2) is 4.39 Å². The van der Waals surface area contributed by atoms with E-state index in [4.69, 9.17) is 5.11 Å². The fourth-order valence-electron chi connectivity index (χ4n) is 4.33. The Morgan fingerprint density at radius 3 is 2.59 bits per heavy atom. The summed E-state index contributed by atoms with van der Waals surface area (Å²) in [4.78, 5) is 25.3. The van der Waals surface area contributed by atoms with Crippen LogP contribution in [0, 0.1) is 17.7 Å². The Morgan fingerprint density at radius 2 is 1.95 bits per heavy atom. The fourth-order valence-corrected chi connectivity index (χ4v) is 4.33. The molecule has 0 radical (unpaired) electrons. The first-order chi connectivity index (χ1) is 10.5. The van der Waals surface area contributed by atoms with Gasteiger partial charge in [0, 0.05) is 17.5 Å². The molecule has 4 rings (SSSR count). The summed E-state index contributed by atoms with van der Waals surface area (Å²) < 4.78 is 14.4. The molecule has 1 aliphatic heterocycles. The maximum absolute atomic E-state index is 14.4. The zero-order valence-corrected chi connectivity index (χ0v) is 12.2. The summed E-state index contributed by atoms with van der Waals surface area (Å²) >= 11 is 0. The zero-order valence-electron chi connectivity index (χ0n) is 12.2. The molecule has 116 valence electrons. The quantitative estimate of drug-likeness (QED) is 0.914. The number of nitrogens with zero attached hydrogens (tertiary/aromatic N) is 1. The number of amides is 1. The van der Waals surface area contributed by atoms with E-state index < -0.39 is 17.8 Å². The number of hydrogen-bond acceptors (Lipinski definition) is 2. The molecule has 1 heterocycles. The van der Waals surface area contributed by atoms with E-state index in [1.165, 1.54) is 6.07 Å². The van der Waals surface area contributed by atoms with Crippen LogP contribution in [0.1, 0.15) is 37.7 Å². The van der Waals surface area contributed by atoms with Crippen LogP contribution in [-0.2, 0) is 15.0 Å². The number of carboxylic acids is 1. The van der Waals surface area contributed by atoms with Gasteiger partial charge in [0.05, 0.1) is 17.5 Å². The number of rotatable bonds is 2. The smallest absolute Gasteiger partial charge is 0.307 e. The molecule has 3 aliphatic rings. The van der Waals surface area contributed by atoms with Gasteiger partial charge in [-0.15, -0.1) is 0 Å². The maximum atomic E-state index is 14.4. The lowest BCUT2D eigenvalue weighted by Gasteiger charge is -2.25. The van der Waals surface area contributed by atoms with Crippen LogP contribution in [0.25, 0.3) is 0 Å². The van der Waals surface area contributed by atoms with Gasteiger partial charge in [-0.3, -0.25) is 9.59 Å². The molecule has 1 amide bonds. The largest absolute Gasteiger partial charge is 0.481 e. The molecule has 1 N–H and O–H groups in total. The van der Waals surface area contributed by atoms with Gasteiger partial charge in [0.15, 0.2) is 0 Å². The molecular weight excluding hydrogens is 285 g/mol. The van der Waals surface area contributed by atoms with E-state index in [1.807, 2.05) is 0 Å². The van der Waals surface area contributed by atoms with Crippen LogP contribution < -0.4 is 4.90 Å². The lowest BCUT2D eigenvalue weighted by molar-refractivity contribution is -0.140. The molecular formula is C17H18FNO3. The van der Waals surface area contributed by atoms with Crippen molar-refractivity contribution < 1.29 is 19.1 Å². The third-order valence-corrected chi connectivity index (χ3v) is 5.53. The minimum Gasteiger partial charge on any atom is -0.481 e. The van der Waals surface area contributed by atoms with Crippen molar-refractivity contribution in [3.05, 3.63) is 29.6 Å². The molecule has 22 heavy (non-hydrogen) atoms. The van der Waals surface area contributed by atoms with E-state index in [0.29, 0.717) is 24.2 Å². The summed E-state index contributed by atoms with van der Waals surface area (Å²) in [7, 11) is 0. The molecule has 2 atom stereocenters. The zero-order chi connectivity index (χ0) is 15.5. The second kappa shape index (κ2) is 4.54. The summed E-state index contributed by atoms with van der Waals surface area (Å²) in [6.07, 6.45) is 4.31. The van der Waals surface area contributed by atoms with E-state index in [0.717, 1.165) is 25.7 Å². The van der Waals surface area contributed by atoms with E-state index in [2.05, 4.69) is 0 Å². The number of carbonyl (C=O) groups excluding carboxylic acids is 1. The number of halogens is 1. The average Bonchev–Trinajstić information content (AvgIpc) is 3.06. The second-order valence-electron chi connectivity index (χ2n) is 6.83. The van der Waals surface area contributed by atoms with E-state index in [-0.39, 0.29) is 17.1 Å². The summed E-state index contributed by atoms with van der Waals surface area (Å²) in [5, 5.41) is 9.03. The summed E-state index contributed by atoms with van der Waals surface area (Å²) in [6, 6.07) is 4.88. The molecule has 1 spiro atoms. The Kier molecular flexibility index (Phi) is 2.83. The van der Waals surface area contributed by atoms with Gasteiger partial charge in [-0.05, 0) is 31.4 Å². The van der Waals surface area contributed by atoms with Crippen molar-refractivity contribution in [3.8, 4) is 0 Å². The lowest BCUT2D eigenvalue weighted by atomic mass is 9.80. The lowest BCUT2D eigenvalue weighted by Crippen LogP contribution is -2.37. The van der Waals surface area contributed by atoms with Crippen LogP contribution in [0.5, 0.6) is 0 Å². The Hall–Kier alpha value is -1.91. The highest BCUT2D eigenvalue weighted by atomic mass is 19.1. The third kappa shape index (κ3) is 1.81. The monoisotopic (exact) mass is 303 g/mol. The van der Waals surface area contributed by atoms with Crippen molar-refractivity contribution in [1.82, 2.24) is 0 Å². The van der Waals surface area contributed by atoms with Gasteiger partial charge in [0.2, 0.25) is 5.91 Å². The predicted molar refractivity (Wildman–Crippen MR) is 78.1 cm³/mol. The minimum atomic E-state index is -0.910. The van der Waals surface area contributed by atoms with Crippen LogP contribution in [0.4, 0.5) is 10.1 Å². The number of hydrogen-bond donors (Lipinski definition) is 1. The first kappa shape index (κ1) is 13.7. The molecule has 1 aromatic rings. The molecule has 2 saturated carbocycles. The predicted octanol–water partition coefficient (Wildman–Crippen LogP) is 2.70. The minimum absolute atomic E-state index is 0.150. The number of benzene rings is 1. The molecule has 0 saturated heterocycles. The molecule has 2 aliphatic carbocycles. The fraction of sp³-hybridized carbons (Fsp3) is 0.529. The van der Waals surface area contributed by atoms with Crippen LogP contribution >= 0.6 is 0 Å². The standard InChI is InChI=1S/C17H18FNO3/c18-12-4-3-5-13-14(12)17(6-1-2-7-17)9-19(13)15(20)10-8-11(10)16(21)22/h3-5,10-11H,1-2,6-9H2,(H,21,22)/t10-,11+/m0/s1. The SMILES string of the molecule is O=C(O)[C@@H]1C[C@@H]1C(=O)N1CC2(CCCC2)c2c(F)cccc21. The van der Waals surface area contributed by atoms with Crippen LogP contribution in [0.3, 0.4) is 0 Å². The first-order valence-electron chi connectivity index (χ1n) is 7.87. The molecule has 5 heteroatoms. The maximum Gasteiger partial charge on any atom is 0.307 e. The van der Waals surface area contributed by atoms with Crippen molar-refractivity contribution >= 4 is 17.6 Å². The van der Waals surface area contributed by atoms with Gasteiger partial charge < -0.3 is 10.0 Å². The van der Waals surface area contributed by atoms with Crippen molar-refractivity contribution in [3.63, 3.8) is 0 Å². The second-order valence-corrected chi connectivity index (χ2v) is 6.83. The number of fused-ring (bicyclic) bond motifs is 2. The molecule has 0 unspecified atom stereocenters. The topological polar surface area (TPSA) is 57.6 Å². The van der Waals surface area contributed by atoms with E-state index in [9.17, 15) is 14.0 Å². The Morgan fingerprint density at radius 1 is 1.23 bits per heavy atom. The number of carbonyl (C=O) groups is 2. The van der Waals surface area contributed by atoms with Crippen LogP contribution in [0.2, 0.25) is 0 Å². The van der Waals surface area contributed by atoms with E-state index in [1.54, 1.807) is 17.0 Å². The van der Waals surface area contributed by atoms with Crippen molar-refractivity contribution in [2.24, 2.45) is 11.8 Å². The first-order valence-corrected chi connectivity index (χ1v) is 7.87.